The van der Waals surface area contributed by atoms with Crippen LogP contribution < -0.4 is 5.73 Å². The Labute approximate surface area is 106 Å². The van der Waals surface area contributed by atoms with Crippen LogP contribution in [0.2, 0.25) is 0 Å². The van der Waals surface area contributed by atoms with E-state index in [0.29, 0.717) is 12.0 Å². The number of hydrogen-bond donors (Lipinski definition) is 1. The van der Waals surface area contributed by atoms with Gasteiger partial charge in [-0.2, -0.15) is 0 Å². The van der Waals surface area contributed by atoms with Gasteiger partial charge in [0.25, 0.3) is 0 Å². The summed E-state index contributed by atoms with van der Waals surface area (Å²) in [6, 6.07) is 0.620. The van der Waals surface area contributed by atoms with Crippen molar-refractivity contribution in [3.05, 3.63) is 0 Å². The lowest BCUT2D eigenvalue weighted by Crippen LogP contribution is -2.28. The van der Waals surface area contributed by atoms with E-state index >= 15 is 0 Å². The maximum Gasteiger partial charge on any atom is 0.0968 e. The van der Waals surface area contributed by atoms with Crippen molar-refractivity contribution in [2.45, 2.75) is 58.4 Å². The molecule has 3 heteroatoms. The molecule has 3 nitrogen and oxygen atoms in total. The predicted octanol–water partition coefficient (Wildman–Crippen LogP) is 2.65. The van der Waals surface area contributed by atoms with Crippen molar-refractivity contribution in [3.8, 4) is 0 Å². The molecule has 1 fully saturated rings. The minimum Gasteiger partial charge on any atom is -0.387 e. The fraction of sp³-hybridized carbons (Fsp3) is 0.929. The van der Waals surface area contributed by atoms with Crippen LogP contribution in [0.25, 0.3) is 0 Å². The lowest BCUT2D eigenvalue weighted by Gasteiger charge is -2.22. The van der Waals surface area contributed by atoms with Crippen molar-refractivity contribution >= 4 is 5.84 Å². The standard InChI is InChI=1S/C14H29N3/c1-12(2)17(3)11-7-10-16-14(15)13-8-5-4-6-9-13/h12-13H,4-11H2,1-3H3,(H2,15,16). The van der Waals surface area contributed by atoms with Crippen LogP contribution in [0.1, 0.15) is 52.4 Å². The lowest BCUT2D eigenvalue weighted by atomic mass is 9.88. The SMILES string of the molecule is CC(C)N(C)CCCN=C(N)C1CCCCC1. The van der Waals surface area contributed by atoms with Crippen LogP contribution in [0.4, 0.5) is 0 Å². The van der Waals surface area contributed by atoms with E-state index in [1.807, 2.05) is 0 Å². The Hall–Kier alpha value is -0.570. The zero-order valence-corrected chi connectivity index (χ0v) is 11.8. The molecule has 2 N–H and O–H groups in total. The van der Waals surface area contributed by atoms with Gasteiger partial charge in [0.2, 0.25) is 0 Å². The molecule has 0 amide bonds. The third-order valence-electron chi connectivity index (χ3n) is 3.87. The fourth-order valence-electron chi connectivity index (χ4n) is 2.31. The van der Waals surface area contributed by atoms with E-state index in [-0.39, 0.29) is 0 Å². The summed E-state index contributed by atoms with van der Waals surface area (Å²) in [7, 11) is 2.17. The van der Waals surface area contributed by atoms with Gasteiger partial charge in [-0.15, -0.1) is 0 Å². The van der Waals surface area contributed by atoms with E-state index in [0.717, 1.165) is 25.3 Å². The number of nitrogens with zero attached hydrogens (tertiary/aromatic N) is 2. The molecule has 1 aliphatic rings. The summed E-state index contributed by atoms with van der Waals surface area (Å²) >= 11 is 0. The first-order valence-electron chi connectivity index (χ1n) is 7.11. The van der Waals surface area contributed by atoms with Gasteiger partial charge in [-0.05, 0) is 46.7 Å². The van der Waals surface area contributed by atoms with Crippen LogP contribution in [0, 0.1) is 5.92 Å². The van der Waals surface area contributed by atoms with Crippen molar-refractivity contribution in [2.24, 2.45) is 16.6 Å². The summed E-state index contributed by atoms with van der Waals surface area (Å²) in [5, 5.41) is 0. The number of hydrogen-bond acceptors (Lipinski definition) is 2. The Morgan fingerprint density at radius 2 is 1.94 bits per heavy atom. The van der Waals surface area contributed by atoms with Crippen molar-refractivity contribution in [2.75, 3.05) is 20.1 Å². The third kappa shape index (κ3) is 5.53. The summed E-state index contributed by atoms with van der Waals surface area (Å²) in [6.45, 7) is 6.44. The summed E-state index contributed by atoms with van der Waals surface area (Å²) in [6.07, 6.45) is 7.65. The highest BCUT2D eigenvalue weighted by molar-refractivity contribution is 5.82. The third-order valence-corrected chi connectivity index (χ3v) is 3.87. The predicted molar refractivity (Wildman–Crippen MR) is 75.4 cm³/mol. The summed E-state index contributed by atoms with van der Waals surface area (Å²) in [4.78, 5) is 6.90. The Bertz CT molecular complexity index is 230. The summed E-state index contributed by atoms with van der Waals surface area (Å²) in [5.74, 6) is 1.49. The number of amidine groups is 1. The van der Waals surface area contributed by atoms with Gasteiger partial charge in [0.05, 0.1) is 5.84 Å². The number of aliphatic imine (C=N–C) groups is 1. The molecule has 0 spiro atoms. The van der Waals surface area contributed by atoms with Gasteiger partial charge in [0, 0.05) is 18.5 Å². The van der Waals surface area contributed by atoms with Crippen molar-refractivity contribution in [1.29, 1.82) is 0 Å². The van der Waals surface area contributed by atoms with Crippen LogP contribution in [0.15, 0.2) is 4.99 Å². The monoisotopic (exact) mass is 239 g/mol. The van der Waals surface area contributed by atoms with Gasteiger partial charge in [0.1, 0.15) is 0 Å². The van der Waals surface area contributed by atoms with Crippen molar-refractivity contribution < 1.29 is 0 Å². The average molecular weight is 239 g/mol. The highest BCUT2D eigenvalue weighted by Gasteiger charge is 2.16. The fourth-order valence-corrected chi connectivity index (χ4v) is 2.31. The first-order chi connectivity index (χ1) is 8.11. The van der Waals surface area contributed by atoms with Gasteiger partial charge >= 0.3 is 0 Å². The topological polar surface area (TPSA) is 41.6 Å². The molecule has 0 radical (unpaired) electrons. The molecule has 1 aliphatic carbocycles. The van der Waals surface area contributed by atoms with E-state index < -0.39 is 0 Å². The second-order valence-electron chi connectivity index (χ2n) is 5.57. The van der Waals surface area contributed by atoms with Crippen LogP contribution >= 0.6 is 0 Å². The quantitative estimate of drug-likeness (QED) is 0.440. The van der Waals surface area contributed by atoms with Gasteiger partial charge in [-0.3, -0.25) is 4.99 Å². The van der Waals surface area contributed by atoms with Gasteiger partial charge < -0.3 is 10.6 Å². The molecule has 0 aliphatic heterocycles. The van der Waals surface area contributed by atoms with Gasteiger partial charge in [-0.1, -0.05) is 19.3 Å². The molecule has 0 aromatic heterocycles. The highest BCUT2D eigenvalue weighted by Crippen LogP contribution is 2.23. The lowest BCUT2D eigenvalue weighted by molar-refractivity contribution is 0.272. The van der Waals surface area contributed by atoms with Crippen molar-refractivity contribution in [3.63, 3.8) is 0 Å². The zero-order valence-electron chi connectivity index (χ0n) is 11.8. The maximum atomic E-state index is 6.06. The first kappa shape index (κ1) is 14.5. The Balaban J connectivity index is 2.18. The first-order valence-corrected chi connectivity index (χ1v) is 7.11. The minimum absolute atomic E-state index is 0.576. The summed E-state index contributed by atoms with van der Waals surface area (Å²) < 4.78 is 0. The van der Waals surface area contributed by atoms with E-state index in [1.54, 1.807) is 0 Å². The number of rotatable bonds is 6. The van der Waals surface area contributed by atoms with Crippen LogP contribution in [-0.2, 0) is 0 Å². The Kier molecular flexibility index (Phi) is 6.56. The molecular weight excluding hydrogens is 210 g/mol. The number of nitrogens with two attached hydrogens (primary N) is 1. The second-order valence-corrected chi connectivity index (χ2v) is 5.57. The van der Waals surface area contributed by atoms with E-state index in [2.05, 4.69) is 30.8 Å². The smallest absolute Gasteiger partial charge is 0.0968 e. The molecule has 1 saturated carbocycles. The molecule has 17 heavy (non-hydrogen) atoms. The molecule has 0 unspecified atom stereocenters. The van der Waals surface area contributed by atoms with E-state index in [4.69, 9.17) is 5.73 Å². The van der Waals surface area contributed by atoms with E-state index in [1.165, 1.54) is 32.1 Å². The molecule has 0 saturated heterocycles. The van der Waals surface area contributed by atoms with Crippen LogP contribution in [0.3, 0.4) is 0 Å². The Morgan fingerprint density at radius 3 is 2.53 bits per heavy atom. The normalized spacial score (nSPS) is 19.2. The van der Waals surface area contributed by atoms with Gasteiger partial charge in [-0.25, -0.2) is 0 Å². The molecule has 0 heterocycles. The second kappa shape index (κ2) is 7.70. The van der Waals surface area contributed by atoms with Crippen LogP contribution in [0.5, 0.6) is 0 Å². The molecule has 1 rings (SSSR count). The summed E-state index contributed by atoms with van der Waals surface area (Å²) in [5.41, 5.74) is 6.06. The molecule has 100 valence electrons. The highest BCUT2D eigenvalue weighted by atomic mass is 15.1. The zero-order chi connectivity index (χ0) is 12.7. The van der Waals surface area contributed by atoms with Gasteiger partial charge in [0.15, 0.2) is 0 Å². The van der Waals surface area contributed by atoms with Crippen LogP contribution in [-0.4, -0.2) is 36.9 Å². The molecule has 0 atom stereocenters. The average Bonchev–Trinajstić information content (AvgIpc) is 2.35. The molecule has 0 bridgehead atoms. The largest absolute Gasteiger partial charge is 0.387 e. The molecule has 0 aromatic rings. The molecule has 0 aromatic carbocycles. The van der Waals surface area contributed by atoms with Crippen molar-refractivity contribution in [1.82, 2.24) is 4.90 Å². The Morgan fingerprint density at radius 1 is 1.29 bits per heavy atom. The van der Waals surface area contributed by atoms with E-state index in [9.17, 15) is 0 Å². The minimum atomic E-state index is 0.576. The maximum absolute atomic E-state index is 6.06. The molecular formula is C14H29N3.